The molecule has 0 bridgehead atoms. The number of hydrogen-bond acceptors (Lipinski definition) is 3. The van der Waals surface area contributed by atoms with Gasteiger partial charge in [0.2, 0.25) is 10.0 Å². The van der Waals surface area contributed by atoms with Gasteiger partial charge in [0.1, 0.15) is 6.04 Å². The second-order valence-corrected chi connectivity index (χ2v) is 7.26. The van der Waals surface area contributed by atoms with Crippen LogP contribution in [0.5, 0.6) is 0 Å². The standard InChI is InChI=1S/C15H23NO4S/c1-4-5-14(15(17)18)16-21(19,20)13-8-6-12(7-9-13)10-11(2)3/h6-9,11,14,16H,4-5,10H2,1-3H3,(H,17,18)/t14-/m1/s1. The van der Waals surface area contributed by atoms with E-state index in [1.807, 2.05) is 6.92 Å². The number of rotatable bonds is 8. The van der Waals surface area contributed by atoms with Crippen LogP contribution in [0.15, 0.2) is 29.2 Å². The Labute approximate surface area is 126 Å². The highest BCUT2D eigenvalue weighted by Gasteiger charge is 2.24. The van der Waals surface area contributed by atoms with Crippen molar-refractivity contribution in [2.75, 3.05) is 0 Å². The van der Waals surface area contributed by atoms with E-state index < -0.39 is 22.0 Å². The van der Waals surface area contributed by atoms with Gasteiger partial charge in [-0.3, -0.25) is 4.79 Å². The van der Waals surface area contributed by atoms with E-state index >= 15 is 0 Å². The van der Waals surface area contributed by atoms with E-state index in [-0.39, 0.29) is 11.3 Å². The lowest BCUT2D eigenvalue weighted by molar-refractivity contribution is -0.139. The van der Waals surface area contributed by atoms with Crippen molar-refractivity contribution in [2.45, 2.75) is 51.0 Å². The number of aliphatic carboxylic acids is 1. The molecule has 0 aliphatic rings. The first-order valence-electron chi connectivity index (χ1n) is 7.10. The number of carbonyl (C=O) groups is 1. The highest BCUT2D eigenvalue weighted by atomic mass is 32.2. The summed E-state index contributed by atoms with van der Waals surface area (Å²) in [4.78, 5) is 11.1. The Bertz CT molecular complexity index is 564. The lowest BCUT2D eigenvalue weighted by Gasteiger charge is -2.14. The Kier molecular flexibility index (Phi) is 6.36. The molecule has 0 amide bonds. The van der Waals surface area contributed by atoms with Gasteiger partial charge in [-0.15, -0.1) is 0 Å². The van der Waals surface area contributed by atoms with Gasteiger partial charge in [-0.25, -0.2) is 8.42 Å². The highest BCUT2D eigenvalue weighted by Crippen LogP contribution is 2.14. The van der Waals surface area contributed by atoms with E-state index in [0.29, 0.717) is 12.3 Å². The van der Waals surface area contributed by atoms with Crippen LogP contribution in [-0.2, 0) is 21.2 Å². The fourth-order valence-electron chi connectivity index (χ4n) is 2.05. The van der Waals surface area contributed by atoms with Crippen LogP contribution >= 0.6 is 0 Å². The van der Waals surface area contributed by atoms with Gasteiger partial charge in [-0.2, -0.15) is 4.72 Å². The summed E-state index contributed by atoms with van der Waals surface area (Å²) in [6.07, 6.45) is 1.73. The van der Waals surface area contributed by atoms with Gasteiger partial charge in [0.15, 0.2) is 0 Å². The molecule has 0 saturated heterocycles. The smallest absolute Gasteiger partial charge is 0.321 e. The molecule has 1 aromatic carbocycles. The summed E-state index contributed by atoms with van der Waals surface area (Å²) < 4.78 is 26.6. The maximum absolute atomic E-state index is 12.2. The van der Waals surface area contributed by atoms with Gasteiger partial charge < -0.3 is 5.11 Å². The molecule has 0 spiro atoms. The Hall–Kier alpha value is -1.40. The zero-order chi connectivity index (χ0) is 16.0. The van der Waals surface area contributed by atoms with E-state index in [1.54, 1.807) is 12.1 Å². The Morgan fingerprint density at radius 2 is 1.81 bits per heavy atom. The average Bonchev–Trinajstić information content (AvgIpc) is 2.37. The number of carboxylic acid groups (broad SMARTS) is 1. The lowest BCUT2D eigenvalue weighted by Crippen LogP contribution is -2.40. The quantitative estimate of drug-likeness (QED) is 0.772. The largest absolute Gasteiger partial charge is 0.480 e. The monoisotopic (exact) mass is 313 g/mol. The molecule has 21 heavy (non-hydrogen) atoms. The first-order valence-corrected chi connectivity index (χ1v) is 8.58. The summed E-state index contributed by atoms with van der Waals surface area (Å²) in [6.45, 7) is 5.99. The first kappa shape index (κ1) is 17.7. The fraction of sp³-hybridized carbons (Fsp3) is 0.533. The number of carboxylic acids is 1. The van der Waals surface area contributed by atoms with Crippen molar-refractivity contribution >= 4 is 16.0 Å². The fourth-order valence-corrected chi connectivity index (χ4v) is 3.28. The van der Waals surface area contributed by atoms with Crippen molar-refractivity contribution in [3.63, 3.8) is 0 Å². The van der Waals surface area contributed by atoms with Crippen LogP contribution < -0.4 is 4.72 Å². The van der Waals surface area contributed by atoms with Crippen molar-refractivity contribution in [3.8, 4) is 0 Å². The molecule has 1 atom stereocenters. The molecule has 0 unspecified atom stereocenters. The van der Waals surface area contributed by atoms with Gasteiger partial charge in [0.25, 0.3) is 0 Å². The number of nitrogens with one attached hydrogen (secondary N) is 1. The minimum atomic E-state index is -3.80. The molecular weight excluding hydrogens is 290 g/mol. The van der Waals surface area contributed by atoms with E-state index in [9.17, 15) is 13.2 Å². The highest BCUT2D eigenvalue weighted by molar-refractivity contribution is 7.89. The van der Waals surface area contributed by atoms with Crippen LogP contribution in [0.2, 0.25) is 0 Å². The normalized spacial score (nSPS) is 13.3. The third-order valence-corrected chi connectivity index (χ3v) is 4.54. The molecule has 0 aromatic heterocycles. The van der Waals surface area contributed by atoms with Crippen molar-refractivity contribution in [1.82, 2.24) is 4.72 Å². The van der Waals surface area contributed by atoms with Gasteiger partial charge >= 0.3 is 5.97 Å². The van der Waals surface area contributed by atoms with Crippen LogP contribution in [0.25, 0.3) is 0 Å². The zero-order valence-corrected chi connectivity index (χ0v) is 13.5. The molecule has 2 N–H and O–H groups in total. The molecule has 1 rings (SSSR count). The van der Waals surface area contributed by atoms with E-state index in [2.05, 4.69) is 18.6 Å². The molecule has 6 heteroatoms. The molecule has 0 aliphatic heterocycles. The molecule has 0 saturated carbocycles. The summed E-state index contributed by atoms with van der Waals surface area (Å²) in [5, 5.41) is 9.03. The minimum Gasteiger partial charge on any atom is -0.480 e. The summed E-state index contributed by atoms with van der Waals surface area (Å²) in [7, 11) is -3.80. The summed E-state index contributed by atoms with van der Waals surface area (Å²) in [5.74, 6) is -0.664. The van der Waals surface area contributed by atoms with Crippen molar-refractivity contribution in [3.05, 3.63) is 29.8 Å². The predicted molar refractivity (Wildman–Crippen MR) is 81.6 cm³/mol. The van der Waals surface area contributed by atoms with Crippen LogP contribution in [0, 0.1) is 5.92 Å². The van der Waals surface area contributed by atoms with Crippen molar-refractivity contribution in [2.24, 2.45) is 5.92 Å². The lowest BCUT2D eigenvalue weighted by atomic mass is 10.0. The SMILES string of the molecule is CCC[C@@H](NS(=O)(=O)c1ccc(CC(C)C)cc1)C(=O)O. The molecule has 118 valence electrons. The van der Waals surface area contributed by atoms with E-state index in [4.69, 9.17) is 5.11 Å². The topological polar surface area (TPSA) is 83.5 Å². The first-order chi connectivity index (χ1) is 9.76. The number of benzene rings is 1. The summed E-state index contributed by atoms with van der Waals surface area (Å²) in [5.41, 5.74) is 1.06. The molecule has 5 nitrogen and oxygen atoms in total. The van der Waals surface area contributed by atoms with Crippen molar-refractivity contribution < 1.29 is 18.3 Å². The minimum absolute atomic E-state index is 0.0948. The molecule has 0 radical (unpaired) electrons. The van der Waals surface area contributed by atoms with Crippen LogP contribution in [0.1, 0.15) is 39.2 Å². The number of hydrogen-bond donors (Lipinski definition) is 2. The summed E-state index contributed by atoms with van der Waals surface area (Å²) >= 11 is 0. The van der Waals surface area contributed by atoms with Gasteiger partial charge in [-0.1, -0.05) is 39.3 Å². The molecule has 0 aliphatic carbocycles. The third-order valence-electron chi connectivity index (χ3n) is 3.05. The predicted octanol–water partition coefficient (Wildman–Crippen LogP) is 2.42. The average molecular weight is 313 g/mol. The van der Waals surface area contributed by atoms with E-state index in [1.165, 1.54) is 12.1 Å². The van der Waals surface area contributed by atoms with Gasteiger partial charge in [-0.05, 0) is 36.5 Å². The van der Waals surface area contributed by atoms with Gasteiger partial charge in [0.05, 0.1) is 4.90 Å². The number of sulfonamides is 1. The third kappa shape index (κ3) is 5.47. The van der Waals surface area contributed by atoms with Crippen molar-refractivity contribution in [1.29, 1.82) is 0 Å². The molecular formula is C15H23NO4S. The maximum atomic E-state index is 12.2. The Morgan fingerprint density at radius 1 is 1.24 bits per heavy atom. The second kappa shape index (κ2) is 7.56. The maximum Gasteiger partial charge on any atom is 0.321 e. The molecule has 0 heterocycles. The Balaban J connectivity index is 2.89. The van der Waals surface area contributed by atoms with Crippen LogP contribution in [0.3, 0.4) is 0 Å². The second-order valence-electron chi connectivity index (χ2n) is 5.54. The zero-order valence-electron chi connectivity index (χ0n) is 12.7. The van der Waals surface area contributed by atoms with Gasteiger partial charge in [0, 0.05) is 0 Å². The van der Waals surface area contributed by atoms with Crippen LogP contribution in [0.4, 0.5) is 0 Å². The molecule has 1 aromatic rings. The van der Waals surface area contributed by atoms with E-state index in [0.717, 1.165) is 12.0 Å². The summed E-state index contributed by atoms with van der Waals surface area (Å²) in [6, 6.07) is 5.49. The van der Waals surface area contributed by atoms with Crippen LogP contribution in [-0.4, -0.2) is 25.5 Å². The Morgan fingerprint density at radius 3 is 2.24 bits per heavy atom. The molecule has 0 fully saturated rings.